The summed E-state index contributed by atoms with van der Waals surface area (Å²) in [6, 6.07) is 7.02. The lowest BCUT2D eigenvalue weighted by Crippen LogP contribution is -2.24. The van der Waals surface area contributed by atoms with Crippen molar-refractivity contribution < 1.29 is 22.5 Å². The van der Waals surface area contributed by atoms with E-state index in [1.54, 1.807) is 12.1 Å². The van der Waals surface area contributed by atoms with Gasteiger partial charge in [-0.3, -0.25) is 4.55 Å². The zero-order valence-corrected chi connectivity index (χ0v) is 13.8. The van der Waals surface area contributed by atoms with Crippen LogP contribution in [0.5, 0.6) is 0 Å². The fourth-order valence-corrected chi connectivity index (χ4v) is 2.34. The van der Waals surface area contributed by atoms with Crippen LogP contribution >= 0.6 is 0 Å². The summed E-state index contributed by atoms with van der Waals surface area (Å²) >= 11 is 0. The lowest BCUT2D eigenvalue weighted by molar-refractivity contribution is 0.0528. The minimum absolute atomic E-state index is 0.354. The van der Waals surface area contributed by atoms with Crippen LogP contribution in [0.2, 0.25) is 0 Å². The topological polar surface area (TPSA) is 83.9 Å². The Morgan fingerprint density at radius 3 is 2.14 bits per heavy atom. The van der Waals surface area contributed by atoms with E-state index >= 15 is 0 Å². The Bertz CT molecular complexity index is 562. The standard InChI is InChI=1S/C15H23NO5S/c1-3-9-16(10-4-2)14-7-5-13(6-8-14)15(17)21-11-12-22(18,19)20/h5-8H,3-4,9-12H2,1-2H3,(H,18,19,20). The van der Waals surface area contributed by atoms with Crippen molar-refractivity contribution in [3.8, 4) is 0 Å². The molecule has 6 nitrogen and oxygen atoms in total. The minimum Gasteiger partial charge on any atom is -0.461 e. The Balaban J connectivity index is 2.64. The van der Waals surface area contributed by atoms with Crippen LogP contribution in [0.25, 0.3) is 0 Å². The highest BCUT2D eigenvalue weighted by atomic mass is 32.2. The van der Waals surface area contributed by atoms with Crippen molar-refractivity contribution in [3.63, 3.8) is 0 Å². The SMILES string of the molecule is CCCN(CCC)c1ccc(C(=O)OCCS(=O)(=O)O)cc1. The van der Waals surface area contributed by atoms with Gasteiger partial charge in [-0.2, -0.15) is 8.42 Å². The Morgan fingerprint density at radius 1 is 1.14 bits per heavy atom. The van der Waals surface area contributed by atoms with E-state index in [2.05, 4.69) is 18.7 Å². The molecule has 0 radical (unpaired) electrons. The van der Waals surface area contributed by atoms with Crippen LogP contribution < -0.4 is 4.90 Å². The lowest BCUT2D eigenvalue weighted by atomic mass is 10.2. The van der Waals surface area contributed by atoms with E-state index in [9.17, 15) is 13.2 Å². The van der Waals surface area contributed by atoms with Gasteiger partial charge in [-0.1, -0.05) is 13.8 Å². The molecule has 0 spiro atoms. The van der Waals surface area contributed by atoms with E-state index in [0.717, 1.165) is 31.6 Å². The molecular formula is C15H23NO5S. The largest absolute Gasteiger partial charge is 0.461 e. The molecule has 1 aromatic rings. The van der Waals surface area contributed by atoms with E-state index < -0.39 is 21.8 Å². The van der Waals surface area contributed by atoms with Gasteiger partial charge < -0.3 is 9.64 Å². The zero-order chi connectivity index (χ0) is 16.6. The maximum absolute atomic E-state index is 11.8. The van der Waals surface area contributed by atoms with Gasteiger partial charge in [0, 0.05) is 18.8 Å². The number of anilines is 1. The molecule has 0 aromatic heterocycles. The Morgan fingerprint density at radius 2 is 1.68 bits per heavy atom. The van der Waals surface area contributed by atoms with Gasteiger partial charge in [0.1, 0.15) is 12.4 Å². The van der Waals surface area contributed by atoms with Crippen molar-refractivity contribution in [2.45, 2.75) is 26.7 Å². The number of rotatable bonds is 9. The Kier molecular flexibility index (Phi) is 7.34. The van der Waals surface area contributed by atoms with Crippen molar-refractivity contribution in [2.24, 2.45) is 0 Å². The third-order valence-corrected chi connectivity index (χ3v) is 3.71. The van der Waals surface area contributed by atoms with Crippen molar-refractivity contribution in [1.82, 2.24) is 0 Å². The first-order chi connectivity index (χ1) is 10.4. The molecule has 0 bridgehead atoms. The molecule has 0 atom stereocenters. The lowest BCUT2D eigenvalue weighted by Gasteiger charge is -2.23. The van der Waals surface area contributed by atoms with Gasteiger partial charge in [-0.25, -0.2) is 4.79 Å². The maximum atomic E-state index is 11.8. The van der Waals surface area contributed by atoms with E-state index in [0.29, 0.717) is 5.56 Å². The highest BCUT2D eigenvalue weighted by molar-refractivity contribution is 7.85. The number of hydrogen-bond donors (Lipinski definition) is 1. The van der Waals surface area contributed by atoms with Crippen LogP contribution in [0, 0.1) is 0 Å². The van der Waals surface area contributed by atoms with Gasteiger partial charge in [0.05, 0.1) is 5.56 Å². The number of esters is 1. The van der Waals surface area contributed by atoms with E-state index in [1.165, 1.54) is 0 Å². The molecule has 1 N–H and O–H groups in total. The molecule has 0 amide bonds. The first-order valence-electron chi connectivity index (χ1n) is 7.34. The molecule has 1 aromatic carbocycles. The first-order valence-corrected chi connectivity index (χ1v) is 8.95. The summed E-state index contributed by atoms with van der Waals surface area (Å²) in [6.45, 7) is 5.77. The predicted molar refractivity (Wildman–Crippen MR) is 85.9 cm³/mol. The monoisotopic (exact) mass is 329 g/mol. The second-order valence-electron chi connectivity index (χ2n) is 4.96. The van der Waals surface area contributed by atoms with Crippen LogP contribution in [-0.4, -0.2) is 44.4 Å². The molecule has 0 aliphatic carbocycles. The predicted octanol–water partition coefficient (Wildman–Crippen LogP) is 2.36. The van der Waals surface area contributed by atoms with Crippen molar-refractivity contribution in [3.05, 3.63) is 29.8 Å². The Hall–Kier alpha value is -1.60. The molecule has 1 rings (SSSR count). The molecule has 0 saturated heterocycles. The number of ether oxygens (including phenoxy) is 1. The van der Waals surface area contributed by atoms with Gasteiger partial charge in [-0.15, -0.1) is 0 Å². The molecule has 7 heteroatoms. The molecular weight excluding hydrogens is 306 g/mol. The second-order valence-corrected chi connectivity index (χ2v) is 6.53. The minimum atomic E-state index is -4.12. The molecule has 124 valence electrons. The van der Waals surface area contributed by atoms with Crippen molar-refractivity contribution >= 4 is 21.8 Å². The van der Waals surface area contributed by atoms with E-state index in [-0.39, 0.29) is 6.61 Å². The summed E-state index contributed by atoms with van der Waals surface area (Å²) in [4.78, 5) is 14.0. The van der Waals surface area contributed by atoms with Gasteiger partial charge in [0.25, 0.3) is 10.1 Å². The second kappa shape index (κ2) is 8.75. The number of carbonyl (C=O) groups excluding carboxylic acids is 1. The molecule has 0 fully saturated rings. The van der Waals surface area contributed by atoms with Crippen LogP contribution in [0.3, 0.4) is 0 Å². The summed E-state index contributed by atoms with van der Waals surface area (Å²) in [5.74, 6) is -1.20. The molecule has 22 heavy (non-hydrogen) atoms. The van der Waals surface area contributed by atoms with Gasteiger partial charge in [0.15, 0.2) is 0 Å². The molecule has 0 saturated carbocycles. The number of nitrogens with zero attached hydrogens (tertiary/aromatic N) is 1. The van der Waals surface area contributed by atoms with E-state index in [4.69, 9.17) is 9.29 Å². The van der Waals surface area contributed by atoms with Gasteiger partial charge in [0.2, 0.25) is 0 Å². The molecule has 0 aliphatic rings. The van der Waals surface area contributed by atoms with Crippen LogP contribution in [0.15, 0.2) is 24.3 Å². The highest BCUT2D eigenvalue weighted by Crippen LogP contribution is 2.16. The summed E-state index contributed by atoms with van der Waals surface area (Å²) < 4.78 is 34.5. The fraction of sp³-hybridized carbons (Fsp3) is 0.533. The first kappa shape index (κ1) is 18.4. The highest BCUT2D eigenvalue weighted by Gasteiger charge is 2.11. The van der Waals surface area contributed by atoms with E-state index in [1.807, 2.05) is 12.1 Å². The van der Waals surface area contributed by atoms with Crippen LogP contribution in [0.4, 0.5) is 5.69 Å². The summed E-state index contributed by atoms with van der Waals surface area (Å²) in [7, 11) is -4.12. The van der Waals surface area contributed by atoms with Crippen molar-refractivity contribution in [1.29, 1.82) is 0 Å². The smallest absolute Gasteiger partial charge is 0.338 e. The maximum Gasteiger partial charge on any atom is 0.338 e. The third kappa shape index (κ3) is 6.44. The number of benzene rings is 1. The summed E-state index contributed by atoms with van der Waals surface area (Å²) in [5, 5.41) is 0. The average Bonchev–Trinajstić information content (AvgIpc) is 2.46. The average molecular weight is 329 g/mol. The van der Waals surface area contributed by atoms with Crippen LogP contribution in [-0.2, 0) is 14.9 Å². The third-order valence-electron chi connectivity index (χ3n) is 3.03. The molecule has 0 heterocycles. The zero-order valence-electron chi connectivity index (χ0n) is 13.0. The summed E-state index contributed by atoms with van der Waals surface area (Å²) in [5.41, 5.74) is 1.39. The normalized spacial score (nSPS) is 11.2. The van der Waals surface area contributed by atoms with Gasteiger partial charge in [-0.05, 0) is 37.1 Å². The van der Waals surface area contributed by atoms with Crippen molar-refractivity contribution in [2.75, 3.05) is 30.3 Å². The Labute approximate surface area is 131 Å². The number of carbonyl (C=O) groups is 1. The molecule has 0 aliphatic heterocycles. The van der Waals surface area contributed by atoms with Crippen LogP contribution in [0.1, 0.15) is 37.0 Å². The number of hydrogen-bond acceptors (Lipinski definition) is 5. The fourth-order valence-electron chi connectivity index (χ4n) is 2.04. The summed E-state index contributed by atoms with van der Waals surface area (Å²) in [6.07, 6.45) is 2.08. The molecule has 0 unspecified atom stereocenters. The van der Waals surface area contributed by atoms with Gasteiger partial charge >= 0.3 is 5.97 Å². The quantitative estimate of drug-likeness (QED) is 0.553.